The molecule has 0 unspecified atom stereocenters. The maximum Gasteiger partial charge on any atom is 0.229 e. The van der Waals surface area contributed by atoms with Crippen LogP contribution in [0.2, 0.25) is 5.15 Å². The van der Waals surface area contributed by atoms with Gasteiger partial charge in [-0.1, -0.05) is 11.6 Å². The van der Waals surface area contributed by atoms with Gasteiger partial charge in [0, 0.05) is 64.6 Å². The Balaban J connectivity index is 1.52. The van der Waals surface area contributed by atoms with E-state index in [1.54, 1.807) is 4.68 Å². The molecule has 11 heteroatoms. The van der Waals surface area contributed by atoms with Crippen LogP contribution in [0.3, 0.4) is 0 Å². The fourth-order valence-electron chi connectivity index (χ4n) is 4.17. The Hall–Kier alpha value is -2.72. The minimum Gasteiger partial charge on any atom is -0.363 e. The predicted octanol–water partition coefficient (Wildman–Crippen LogP) is 1.74. The zero-order valence-electron chi connectivity index (χ0n) is 17.9. The van der Waals surface area contributed by atoms with Gasteiger partial charge in [0.25, 0.3) is 0 Å². The van der Waals surface area contributed by atoms with E-state index in [9.17, 15) is 0 Å². The first-order valence-corrected chi connectivity index (χ1v) is 11.1. The monoisotopic (exact) mass is 442 g/mol. The summed E-state index contributed by atoms with van der Waals surface area (Å²) in [6.07, 6.45) is 4.29. The fraction of sp³-hybridized carbons (Fsp3) is 0.550. The lowest BCUT2D eigenvalue weighted by Crippen LogP contribution is -2.44. The van der Waals surface area contributed by atoms with Gasteiger partial charge in [-0.25, -0.2) is 9.97 Å². The van der Waals surface area contributed by atoms with Crippen LogP contribution in [-0.2, 0) is 13.6 Å². The normalized spacial score (nSPS) is 17.0. The molecular weight excluding hydrogens is 416 g/mol. The highest BCUT2D eigenvalue weighted by Gasteiger charge is 2.24. The Kier molecular flexibility index (Phi) is 5.49. The first kappa shape index (κ1) is 20.2. The lowest BCUT2D eigenvalue weighted by Gasteiger charge is -2.28. The van der Waals surface area contributed by atoms with Gasteiger partial charge in [-0.15, -0.1) is 0 Å². The quantitative estimate of drug-likeness (QED) is 0.611. The third kappa shape index (κ3) is 4.09. The predicted molar refractivity (Wildman–Crippen MR) is 122 cm³/mol. The van der Waals surface area contributed by atoms with Crippen LogP contribution in [0.15, 0.2) is 6.20 Å². The smallest absolute Gasteiger partial charge is 0.229 e. The van der Waals surface area contributed by atoms with Crippen molar-refractivity contribution in [3.63, 3.8) is 0 Å². The van der Waals surface area contributed by atoms with Crippen LogP contribution in [0.1, 0.15) is 24.1 Å². The number of nitrogens with zero attached hydrogens (tertiary/aromatic N) is 8. The first-order valence-electron chi connectivity index (χ1n) is 10.8. The van der Waals surface area contributed by atoms with Gasteiger partial charge in [-0.05, 0) is 19.8 Å². The molecule has 0 saturated carbocycles. The molecule has 3 aromatic heterocycles. The molecule has 10 nitrogen and oxygen atoms in total. The number of anilines is 3. The number of hydrogen-bond acceptors (Lipinski definition) is 9. The summed E-state index contributed by atoms with van der Waals surface area (Å²) in [5.41, 5.74) is 3.29. The third-order valence-electron chi connectivity index (χ3n) is 5.83. The molecule has 2 fully saturated rings. The van der Waals surface area contributed by atoms with E-state index in [1.807, 2.05) is 20.2 Å². The number of aryl methyl sites for hydroxylation is 2. The van der Waals surface area contributed by atoms with Crippen LogP contribution in [0.4, 0.5) is 17.6 Å². The van der Waals surface area contributed by atoms with Gasteiger partial charge >= 0.3 is 0 Å². The van der Waals surface area contributed by atoms with Crippen molar-refractivity contribution in [3.05, 3.63) is 22.6 Å². The summed E-state index contributed by atoms with van der Waals surface area (Å²) in [5.74, 6) is 2.07. The zero-order chi connectivity index (χ0) is 21.4. The van der Waals surface area contributed by atoms with Crippen LogP contribution in [-0.4, -0.2) is 69.0 Å². The van der Waals surface area contributed by atoms with Crippen molar-refractivity contribution in [2.45, 2.75) is 26.3 Å². The van der Waals surface area contributed by atoms with Gasteiger partial charge in [0.2, 0.25) is 5.95 Å². The van der Waals surface area contributed by atoms with Crippen molar-refractivity contribution in [1.82, 2.24) is 35.0 Å². The van der Waals surface area contributed by atoms with Crippen molar-refractivity contribution < 1.29 is 0 Å². The van der Waals surface area contributed by atoms with Crippen molar-refractivity contribution in [1.29, 1.82) is 0 Å². The Morgan fingerprint density at radius 3 is 2.52 bits per heavy atom. The summed E-state index contributed by atoms with van der Waals surface area (Å²) in [7, 11) is 1.91. The van der Waals surface area contributed by atoms with E-state index in [4.69, 9.17) is 26.6 Å². The minimum absolute atomic E-state index is 0.327. The molecule has 3 aromatic rings. The van der Waals surface area contributed by atoms with E-state index < -0.39 is 0 Å². The summed E-state index contributed by atoms with van der Waals surface area (Å²) in [6.45, 7) is 8.07. The summed E-state index contributed by atoms with van der Waals surface area (Å²) in [6, 6.07) is 0. The molecule has 0 aliphatic carbocycles. The molecule has 31 heavy (non-hydrogen) atoms. The molecule has 0 radical (unpaired) electrons. The number of nitrogens with one attached hydrogen (secondary N) is 2. The summed E-state index contributed by atoms with van der Waals surface area (Å²) in [5, 5.41) is 11.4. The van der Waals surface area contributed by atoms with E-state index >= 15 is 0 Å². The van der Waals surface area contributed by atoms with E-state index in [1.165, 1.54) is 0 Å². The SMILES string of the molecule is Cc1nn(C)cc1CNc1nc2nc(N3CCNCC3)nc(N3CCCC3)c2nc1Cl. The molecule has 0 bridgehead atoms. The summed E-state index contributed by atoms with van der Waals surface area (Å²) >= 11 is 6.53. The summed E-state index contributed by atoms with van der Waals surface area (Å²) < 4.78 is 1.80. The standard InChI is InChI=1S/C20H27ClN10/c1-13-14(12-29(2)28-13)11-23-18-16(21)24-15-17(25-18)26-20(31-9-5-22-6-10-31)27-19(15)30-7-3-4-8-30/h12,22H,3-11H2,1-2H3,(H,23,25,26,27). The van der Waals surface area contributed by atoms with Crippen LogP contribution in [0, 0.1) is 6.92 Å². The number of fused-ring (bicyclic) bond motifs is 1. The molecule has 5 heterocycles. The lowest BCUT2D eigenvalue weighted by atomic mass is 10.2. The summed E-state index contributed by atoms with van der Waals surface area (Å²) in [4.78, 5) is 23.6. The van der Waals surface area contributed by atoms with Gasteiger partial charge < -0.3 is 20.4 Å². The Morgan fingerprint density at radius 2 is 1.81 bits per heavy atom. The molecule has 2 aliphatic heterocycles. The maximum absolute atomic E-state index is 6.53. The highest BCUT2D eigenvalue weighted by Crippen LogP contribution is 2.30. The van der Waals surface area contributed by atoms with Gasteiger partial charge in [0.15, 0.2) is 28.0 Å². The molecule has 2 aliphatic rings. The van der Waals surface area contributed by atoms with Crippen molar-refractivity contribution in [3.8, 4) is 0 Å². The van der Waals surface area contributed by atoms with Gasteiger partial charge in [-0.2, -0.15) is 15.1 Å². The molecule has 0 spiro atoms. The van der Waals surface area contributed by atoms with Crippen molar-refractivity contribution in [2.24, 2.45) is 7.05 Å². The molecular formula is C20H27ClN10. The molecule has 5 rings (SSSR count). The van der Waals surface area contributed by atoms with Crippen LogP contribution in [0.25, 0.3) is 11.2 Å². The minimum atomic E-state index is 0.327. The fourth-order valence-corrected chi connectivity index (χ4v) is 4.36. The Labute approximate surface area is 186 Å². The average molecular weight is 443 g/mol. The molecule has 0 atom stereocenters. The van der Waals surface area contributed by atoms with E-state index in [0.29, 0.717) is 34.6 Å². The largest absolute Gasteiger partial charge is 0.363 e. The first-order chi connectivity index (χ1) is 15.1. The molecule has 0 aromatic carbocycles. The van der Waals surface area contributed by atoms with Gasteiger partial charge in [-0.3, -0.25) is 4.68 Å². The van der Waals surface area contributed by atoms with Crippen molar-refractivity contribution in [2.75, 3.05) is 54.4 Å². The van der Waals surface area contributed by atoms with E-state index in [-0.39, 0.29) is 0 Å². The molecule has 2 saturated heterocycles. The second-order valence-corrected chi connectivity index (χ2v) is 8.44. The third-order valence-corrected chi connectivity index (χ3v) is 6.09. The number of piperazine rings is 1. The number of aromatic nitrogens is 6. The van der Waals surface area contributed by atoms with Gasteiger partial charge in [0.05, 0.1) is 5.69 Å². The lowest BCUT2D eigenvalue weighted by molar-refractivity contribution is 0.580. The number of rotatable bonds is 5. The van der Waals surface area contributed by atoms with Crippen molar-refractivity contribution >= 4 is 40.3 Å². The highest BCUT2D eigenvalue weighted by molar-refractivity contribution is 6.32. The Morgan fingerprint density at radius 1 is 1.03 bits per heavy atom. The van der Waals surface area contributed by atoms with Gasteiger partial charge in [0.1, 0.15) is 0 Å². The maximum atomic E-state index is 6.53. The topological polar surface area (TPSA) is 99.9 Å². The second kappa shape index (κ2) is 8.43. The molecule has 164 valence electrons. The average Bonchev–Trinajstić information content (AvgIpc) is 3.42. The Bertz CT molecular complexity index is 1090. The van der Waals surface area contributed by atoms with Crippen LogP contribution in [0.5, 0.6) is 0 Å². The zero-order valence-corrected chi connectivity index (χ0v) is 18.7. The van der Waals surface area contributed by atoms with E-state index in [0.717, 1.165) is 69.2 Å². The molecule has 0 amide bonds. The number of hydrogen-bond donors (Lipinski definition) is 2. The number of halogens is 1. The second-order valence-electron chi connectivity index (χ2n) is 8.08. The van der Waals surface area contributed by atoms with Crippen LogP contribution < -0.4 is 20.4 Å². The van der Waals surface area contributed by atoms with E-state index in [2.05, 4.69) is 30.5 Å². The van der Waals surface area contributed by atoms with Crippen LogP contribution >= 0.6 is 11.6 Å². The molecule has 2 N–H and O–H groups in total. The highest BCUT2D eigenvalue weighted by atomic mass is 35.5.